The van der Waals surface area contributed by atoms with E-state index in [4.69, 9.17) is 0 Å². The fraction of sp³-hybridized carbons (Fsp3) is 0.611. The van der Waals surface area contributed by atoms with E-state index in [9.17, 15) is 4.79 Å². The molecule has 1 atom stereocenters. The van der Waals surface area contributed by atoms with Crippen LogP contribution in [0.15, 0.2) is 24.3 Å². The Hall–Kier alpha value is -1.51. The monoisotopic (exact) mass is 288 g/mol. The molecule has 0 unspecified atom stereocenters. The second kappa shape index (κ2) is 6.50. The third-order valence-corrected chi connectivity index (χ3v) is 4.33. The fourth-order valence-electron chi connectivity index (χ4n) is 2.92. The molecule has 21 heavy (non-hydrogen) atoms. The molecule has 0 radical (unpaired) electrons. The smallest absolute Gasteiger partial charge is 0.225 e. The number of nitrogens with zero attached hydrogens (tertiary/aromatic N) is 2. The largest absolute Gasteiger partial charge is 0.368 e. The van der Waals surface area contributed by atoms with Gasteiger partial charge in [0.1, 0.15) is 0 Å². The summed E-state index contributed by atoms with van der Waals surface area (Å²) in [6.45, 7) is 13.2. The summed E-state index contributed by atoms with van der Waals surface area (Å²) >= 11 is 0. The van der Waals surface area contributed by atoms with E-state index in [1.807, 2.05) is 18.7 Å². The lowest BCUT2D eigenvalue weighted by Gasteiger charge is -2.41. The predicted octanol–water partition coefficient (Wildman–Crippen LogP) is 3.50. The Morgan fingerprint density at radius 3 is 2.19 bits per heavy atom. The van der Waals surface area contributed by atoms with Gasteiger partial charge in [-0.1, -0.05) is 39.8 Å². The Morgan fingerprint density at radius 2 is 1.71 bits per heavy atom. The first kappa shape index (κ1) is 15.9. The van der Waals surface area contributed by atoms with Crippen molar-refractivity contribution in [2.75, 3.05) is 24.5 Å². The molecule has 3 nitrogen and oxygen atoms in total. The number of hydrogen-bond acceptors (Lipinski definition) is 2. The van der Waals surface area contributed by atoms with Crippen LogP contribution in [-0.4, -0.2) is 36.5 Å². The quantitative estimate of drug-likeness (QED) is 0.850. The molecule has 0 N–H and O–H groups in total. The lowest BCUT2D eigenvalue weighted by atomic mass is 10.0. The molecule has 0 spiro atoms. The summed E-state index contributed by atoms with van der Waals surface area (Å²) in [6.07, 6.45) is 0. The van der Waals surface area contributed by atoms with E-state index in [0.29, 0.717) is 5.92 Å². The van der Waals surface area contributed by atoms with Crippen LogP contribution in [0.25, 0.3) is 0 Å². The highest BCUT2D eigenvalue weighted by Gasteiger charge is 2.28. The lowest BCUT2D eigenvalue weighted by molar-refractivity contribution is -0.136. The minimum atomic E-state index is 0.0873. The van der Waals surface area contributed by atoms with Gasteiger partial charge in [-0.15, -0.1) is 0 Å². The number of carbonyl (C=O) groups is 1. The Kier molecular flexibility index (Phi) is 4.92. The van der Waals surface area contributed by atoms with Gasteiger partial charge in [0.05, 0.1) is 0 Å². The molecular weight excluding hydrogens is 260 g/mol. The Bertz CT molecular complexity index is 478. The van der Waals surface area contributed by atoms with Crippen molar-refractivity contribution < 1.29 is 4.79 Å². The summed E-state index contributed by atoms with van der Waals surface area (Å²) in [6, 6.07) is 9.13. The Morgan fingerprint density at radius 1 is 1.10 bits per heavy atom. The number of anilines is 1. The molecule has 1 aliphatic rings. The van der Waals surface area contributed by atoms with Gasteiger partial charge in [0.15, 0.2) is 0 Å². The third kappa shape index (κ3) is 3.58. The fourth-order valence-corrected chi connectivity index (χ4v) is 2.92. The van der Waals surface area contributed by atoms with Gasteiger partial charge >= 0.3 is 0 Å². The molecule has 1 heterocycles. The Labute approximate surface area is 128 Å². The summed E-state index contributed by atoms with van der Waals surface area (Å²) in [7, 11) is 0. The molecule has 3 heteroatoms. The van der Waals surface area contributed by atoms with Crippen molar-refractivity contribution in [1.82, 2.24) is 4.90 Å². The van der Waals surface area contributed by atoms with E-state index >= 15 is 0 Å². The lowest BCUT2D eigenvalue weighted by Crippen LogP contribution is -2.55. The normalized spacial score (nSPS) is 19.5. The molecule has 0 saturated carbocycles. The van der Waals surface area contributed by atoms with Crippen molar-refractivity contribution in [3.05, 3.63) is 29.8 Å². The van der Waals surface area contributed by atoms with Crippen molar-refractivity contribution in [3.63, 3.8) is 0 Å². The van der Waals surface area contributed by atoms with E-state index < -0.39 is 0 Å². The number of carbonyl (C=O) groups excluding carboxylic acids is 1. The minimum Gasteiger partial charge on any atom is -0.368 e. The van der Waals surface area contributed by atoms with Gasteiger partial charge in [0.25, 0.3) is 0 Å². The average Bonchev–Trinajstić information content (AvgIpc) is 2.46. The van der Waals surface area contributed by atoms with Crippen LogP contribution < -0.4 is 4.90 Å². The number of piperazine rings is 1. The topological polar surface area (TPSA) is 23.6 Å². The van der Waals surface area contributed by atoms with E-state index in [2.05, 4.69) is 49.9 Å². The van der Waals surface area contributed by atoms with E-state index in [-0.39, 0.29) is 17.9 Å². The van der Waals surface area contributed by atoms with Crippen LogP contribution in [0.5, 0.6) is 0 Å². The highest BCUT2D eigenvalue weighted by atomic mass is 16.2. The Balaban J connectivity index is 2.03. The maximum absolute atomic E-state index is 12.2. The maximum Gasteiger partial charge on any atom is 0.225 e. The van der Waals surface area contributed by atoms with Crippen LogP contribution in [-0.2, 0) is 4.79 Å². The first-order chi connectivity index (χ1) is 9.90. The van der Waals surface area contributed by atoms with Crippen LogP contribution in [0.2, 0.25) is 0 Å². The van der Waals surface area contributed by atoms with Gasteiger partial charge in [0, 0.05) is 37.3 Å². The molecule has 116 valence electrons. The van der Waals surface area contributed by atoms with Crippen LogP contribution in [0, 0.1) is 5.92 Å². The SMILES string of the molecule is CC(C)C(=O)N1CCN(c2ccc(C(C)C)cc2)C[C@H]1C. The zero-order valence-electron chi connectivity index (χ0n) is 14.0. The zero-order chi connectivity index (χ0) is 15.6. The maximum atomic E-state index is 12.2. The number of benzene rings is 1. The second-order valence-corrected chi connectivity index (χ2v) is 6.73. The van der Waals surface area contributed by atoms with Crippen molar-refractivity contribution in [1.29, 1.82) is 0 Å². The third-order valence-electron chi connectivity index (χ3n) is 4.33. The van der Waals surface area contributed by atoms with Crippen molar-refractivity contribution >= 4 is 11.6 Å². The first-order valence-corrected chi connectivity index (χ1v) is 8.05. The van der Waals surface area contributed by atoms with Crippen molar-refractivity contribution in [3.8, 4) is 0 Å². The van der Waals surface area contributed by atoms with E-state index in [1.165, 1.54) is 11.3 Å². The summed E-state index contributed by atoms with van der Waals surface area (Å²) in [5, 5.41) is 0. The highest BCUT2D eigenvalue weighted by Crippen LogP contribution is 2.23. The summed E-state index contributed by atoms with van der Waals surface area (Å²) in [5.74, 6) is 0.931. The zero-order valence-corrected chi connectivity index (χ0v) is 14.0. The van der Waals surface area contributed by atoms with Gasteiger partial charge in [0.2, 0.25) is 5.91 Å². The first-order valence-electron chi connectivity index (χ1n) is 8.05. The van der Waals surface area contributed by atoms with Crippen LogP contribution in [0.3, 0.4) is 0 Å². The number of hydrogen-bond donors (Lipinski definition) is 0. The van der Waals surface area contributed by atoms with Crippen LogP contribution in [0.1, 0.15) is 46.1 Å². The molecule has 0 aliphatic carbocycles. The molecule has 1 aromatic rings. The summed E-state index contributed by atoms with van der Waals surface area (Å²) in [5.41, 5.74) is 2.64. The molecule has 1 saturated heterocycles. The van der Waals surface area contributed by atoms with Gasteiger partial charge in [-0.2, -0.15) is 0 Å². The molecular formula is C18H28N2O. The minimum absolute atomic E-state index is 0.0873. The van der Waals surface area contributed by atoms with Crippen LogP contribution in [0.4, 0.5) is 5.69 Å². The molecule has 1 amide bonds. The molecule has 0 aromatic heterocycles. The molecule has 1 fully saturated rings. The highest BCUT2D eigenvalue weighted by molar-refractivity contribution is 5.78. The second-order valence-electron chi connectivity index (χ2n) is 6.73. The molecule has 0 bridgehead atoms. The average molecular weight is 288 g/mol. The van der Waals surface area contributed by atoms with Crippen molar-refractivity contribution in [2.24, 2.45) is 5.92 Å². The standard InChI is InChI=1S/C18H28N2O/c1-13(2)16-6-8-17(9-7-16)19-10-11-20(15(5)12-19)18(21)14(3)4/h6-9,13-15H,10-12H2,1-5H3/t15-/m1/s1. The van der Waals surface area contributed by atoms with Gasteiger partial charge in [-0.05, 0) is 30.5 Å². The predicted molar refractivity (Wildman–Crippen MR) is 88.8 cm³/mol. The van der Waals surface area contributed by atoms with Gasteiger partial charge in [-0.3, -0.25) is 4.79 Å². The molecule has 2 rings (SSSR count). The van der Waals surface area contributed by atoms with Gasteiger partial charge < -0.3 is 9.80 Å². The van der Waals surface area contributed by atoms with E-state index in [1.54, 1.807) is 0 Å². The van der Waals surface area contributed by atoms with Crippen LogP contribution >= 0.6 is 0 Å². The number of rotatable bonds is 3. The molecule has 1 aliphatic heterocycles. The number of amides is 1. The van der Waals surface area contributed by atoms with Crippen molar-refractivity contribution in [2.45, 2.75) is 46.6 Å². The summed E-state index contributed by atoms with van der Waals surface area (Å²) in [4.78, 5) is 16.6. The van der Waals surface area contributed by atoms with Gasteiger partial charge in [-0.25, -0.2) is 0 Å². The molecule has 1 aromatic carbocycles. The van der Waals surface area contributed by atoms with E-state index in [0.717, 1.165) is 19.6 Å². The summed E-state index contributed by atoms with van der Waals surface area (Å²) < 4.78 is 0.